The highest BCUT2D eigenvalue weighted by Crippen LogP contribution is 2.33. The van der Waals surface area contributed by atoms with Crippen LogP contribution in [0.1, 0.15) is 33.6 Å². The zero-order valence-corrected chi connectivity index (χ0v) is 11.0. The average Bonchev–Trinajstić information content (AvgIpc) is 2.14. The Morgan fingerprint density at radius 1 is 1.19 bits per heavy atom. The molecule has 94 valence electrons. The van der Waals surface area contributed by atoms with Gasteiger partial charge in [0, 0.05) is 32.7 Å². The van der Waals surface area contributed by atoms with E-state index in [0.29, 0.717) is 6.10 Å². The molecule has 0 aromatic carbocycles. The Morgan fingerprint density at radius 2 is 1.81 bits per heavy atom. The van der Waals surface area contributed by atoms with E-state index in [-0.39, 0.29) is 5.60 Å². The molecule has 1 aliphatic carbocycles. The molecule has 0 bridgehead atoms. The molecular weight excluding hydrogens is 200 g/mol. The van der Waals surface area contributed by atoms with E-state index in [9.17, 15) is 0 Å². The van der Waals surface area contributed by atoms with Crippen LogP contribution in [0.15, 0.2) is 0 Å². The van der Waals surface area contributed by atoms with Gasteiger partial charge in [-0.05, 0) is 39.5 Å². The Morgan fingerprint density at radius 3 is 2.38 bits per heavy atom. The van der Waals surface area contributed by atoms with Crippen LogP contribution in [-0.2, 0) is 4.74 Å². The van der Waals surface area contributed by atoms with Crippen molar-refractivity contribution in [3.8, 4) is 0 Å². The molecule has 2 fully saturated rings. The number of hydrogen-bond acceptors (Lipinski definition) is 3. The van der Waals surface area contributed by atoms with Gasteiger partial charge >= 0.3 is 0 Å². The van der Waals surface area contributed by atoms with E-state index in [4.69, 9.17) is 4.74 Å². The van der Waals surface area contributed by atoms with E-state index < -0.39 is 0 Å². The summed E-state index contributed by atoms with van der Waals surface area (Å²) < 4.78 is 5.96. The molecule has 0 atom stereocenters. The standard InChI is InChI=1S/C13H26N2O/c1-13(2,3)16-12-8-11(9-12)10-15-6-4-14-5-7-15/h11-12,14H,4-10H2,1-3H3. The summed E-state index contributed by atoms with van der Waals surface area (Å²) in [6, 6.07) is 0. The molecule has 0 radical (unpaired) electrons. The molecule has 2 rings (SSSR count). The molecule has 0 aromatic rings. The zero-order valence-electron chi connectivity index (χ0n) is 11.0. The monoisotopic (exact) mass is 226 g/mol. The van der Waals surface area contributed by atoms with Crippen LogP contribution < -0.4 is 5.32 Å². The van der Waals surface area contributed by atoms with Crippen molar-refractivity contribution >= 4 is 0 Å². The molecule has 2 aliphatic rings. The van der Waals surface area contributed by atoms with E-state index in [1.165, 1.54) is 32.5 Å². The first kappa shape index (κ1) is 12.3. The average molecular weight is 226 g/mol. The summed E-state index contributed by atoms with van der Waals surface area (Å²) in [4.78, 5) is 2.59. The lowest BCUT2D eigenvalue weighted by atomic mass is 9.81. The third-order valence-corrected chi connectivity index (χ3v) is 3.44. The van der Waals surface area contributed by atoms with Gasteiger partial charge in [0.05, 0.1) is 11.7 Å². The lowest BCUT2D eigenvalue weighted by Crippen LogP contribution is -2.48. The van der Waals surface area contributed by atoms with Crippen LogP contribution >= 0.6 is 0 Å². The Bertz CT molecular complexity index is 212. The second-order valence-electron chi connectivity index (χ2n) is 6.24. The maximum atomic E-state index is 5.96. The number of piperazine rings is 1. The fourth-order valence-corrected chi connectivity index (χ4v) is 2.68. The molecule has 1 heterocycles. The third kappa shape index (κ3) is 3.72. The topological polar surface area (TPSA) is 24.5 Å². The van der Waals surface area contributed by atoms with Crippen molar-refractivity contribution in [2.75, 3.05) is 32.7 Å². The van der Waals surface area contributed by atoms with Crippen molar-refractivity contribution < 1.29 is 4.74 Å². The molecule has 16 heavy (non-hydrogen) atoms. The Balaban J connectivity index is 1.61. The number of rotatable bonds is 3. The first-order chi connectivity index (χ1) is 7.53. The minimum atomic E-state index is 0.0324. The summed E-state index contributed by atoms with van der Waals surface area (Å²) in [5, 5.41) is 3.40. The van der Waals surface area contributed by atoms with Gasteiger partial charge in [-0.2, -0.15) is 0 Å². The second-order valence-corrected chi connectivity index (χ2v) is 6.24. The maximum Gasteiger partial charge on any atom is 0.0602 e. The van der Waals surface area contributed by atoms with Gasteiger partial charge in [0.1, 0.15) is 0 Å². The van der Waals surface area contributed by atoms with Gasteiger partial charge in [0.15, 0.2) is 0 Å². The van der Waals surface area contributed by atoms with Crippen LogP contribution in [0.3, 0.4) is 0 Å². The van der Waals surface area contributed by atoms with Crippen LogP contribution in [0.4, 0.5) is 0 Å². The van der Waals surface area contributed by atoms with Gasteiger partial charge in [0.2, 0.25) is 0 Å². The van der Waals surface area contributed by atoms with Crippen LogP contribution in [0, 0.1) is 5.92 Å². The minimum Gasteiger partial charge on any atom is -0.373 e. The quantitative estimate of drug-likeness (QED) is 0.789. The van der Waals surface area contributed by atoms with Crippen molar-refractivity contribution in [3.63, 3.8) is 0 Å². The summed E-state index contributed by atoms with van der Waals surface area (Å²) in [7, 11) is 0. The molecule has 0 unspecified atom stereocenters. The molecule has 0 amide bonds. The van der Waals surface area contributed by atoms with Crippen LogP contribution in [0.5, 0.6) is 0 Å². The normalized spacial score (nSPS) is 32.4. The van der Waals surface area contributed by atoms with Crippen molar-refractivity contribution in [3.05, 3.63) is 0 Å². The lowest BCUT2D eigenvalue weighted by Gasteiger charge is -2.42. The molecule has 1 saturated carbocycles. The number of hydrogen-bond donors (Lipinski definition) is 1. The number of nitrogens with one attached hydrogen (secondary N) is 1. The summed E-state index contributed by atoms with van der Waals surface area (Å²) >= 11 is 0. The summed E-state index contributed by atoms with van der Waals surface area (Å²) in [5.74, 6) is 0.880. The van der Waals surface area contributed by atoms with Crippen molar-refractivity contribution in [2.24, 2.45) is 5.92 Å². The molecule has 1 saturated heterocycles. The molecular formula is C13H26N2O. The Kier molecular flexibility index (Phi) is 3.88. The first-order valence-corrected chi connectivity index (χ1v) is 6.64. The smallest absolute Gasteiger partial charge is 0.0602 e. The van der Waals surface area contributed by atoms with Gasteiger partial charge in [-0.15, -0.1) is 0 Å². The van der Waals surface area contributed by atoms with Gasteiger partial charge in [0.25, 0.3) is 0 Å². The van der Waals surface area contributed by atoms with E-state index in [1.54, 1.807) is 0 Å². The molecule has 3 heteroatoms. The maximum absolute atomic E-state index is 5.96. The van der Waals surface area contributed by atoms with Crippen molar-refractivity contribution in [1.29, 1.82) is 0 Å². The van der Waals surface area contributed by atoms with E-state index in [1.807, 2.05) is 0 Å². The van der Waals surface area contributed by atoms with Gasteiger partial charge < -0.3 is 15.0 Å². The highest BCUT2D eigenvalue weighted by molar-refractivity contribution is 4.85. The predicted molar refractivity (Wildman–Crippen MR) is 66.7 cm³/mol. The number of nitrogens with zero attached hydrogens (tertiary/aromatic N) is 1. The fourth-order valence-electron chi connectivity index (χ4n) is 2.68. The molecule has 0 aromatic heterocycles. The Labute approximate surface area is 99.5 Å². The van der Waals surface area contributed by atoms with E-state index in [2.05, 4.69) is 31.0 Å². The summed E-state index contributed by atoms with van der Waals surface area (Å²) in [6.07, 6.45) is 3.05. The molecule has 1 aliphatic heterocycles. The SMILES string of the molecule is CC(C)(C)OC1CC(CN2CCNCC2)C1. The van der Waals surface area contributed by atoms with Gasteiger partial charge in [-0.3, -0.25) is 0 Å². The Hall–Kier alpha value is -0.120. The van der Waals surface area contributed by atoms with Crippen LogP contribution in [0.25, 0.3) is 0 Å². The second kappa shape index (κ2) is 5.03. The van der Waals surface area contributed by atoms with E-state index >= 15 is 0 Å². The summed E-state index contributed by atoms with van der Waals surface area (Å²) in [5.41, 5.74) is 0.0324. The first-order valence-electron chi connectivity index (χ1n) is 6.64. The van der Waals surface area contributed by atoms with Gasteiger partial charge in [-0.25, -0.2) is 0 Å². The highest BCUT2D eigenvalue weighted by atomic mass is 16.5. The van der Waals surface area contributed by atoms with Crippen molar-refractivity contribution in [1.82, 2.24) is 10.2 Å². The molecule has 0 spiro atoms. The van der Waals surface area contributed by atoms with Crippen LogP contribution in [-0.4, -0.2) is 49.3 Å². The fraction of sp³-hybridized carbons (Fsp3) is 1.00. The molecule has 1 N–H and O–H groups in total. The third-order valence-electron chi connectivity index (χ3n) is 3.44. The van der Waals surface area contributed by atoms with Gasteiger partial charge in [-0.1, -0.05) is 0 Å². The largest absolute Gasteiger partial charge is 0.373 e. The number of ether oxygens (including phenoxy) is 1. The highest BCUT2D eigenvalue weighted by Gasteiger charge is 2.33. The minimum absolute atomic E-state index is 0.0324. The van der Waals surface area contributed by atoms with E-state index in [0.717, 1.165) is 19.0 Å². The van der Waals surface area contributed by atoms with Crippen molar-refractivity contribution in [2.45, 2.75) is 45.3 Å². The summed E-state index contributed by atoms with van der Waals surface area (Å²) in [6.45, 7) is 12.5. The molecule has 3 nitrogen and oxygen atoms in total. The van der Waals surface area contributed by atoms with Crippen LogP contribution in [0.2, 0.25) is 0 Å². The predicted octanol–water partition coefficient (Wildman–Crippen LogP) is 1.49. The lowest BCUT2D eigenvalue weighted by molar-refractivity contribution is -0.115. The zero-order chi connectivity index (χ0) is 11.6.